The van der Waals surface area contributed by atoms with Gasteiger partial charge in [-0.2, -0.15) is 0 Å². The van der Waals surface area contributed by atoms with Crippen molar-refractivity contribution < 1.29 is 9.53 Å². The summed E-state index contributed by atoms with van der Waals surface area (Å²) in [4.78, 5) is 11.9. The molecule has 0 saturated heterocycles. The number of amides is 1. The molecule has 0 aliphatic carbocycles. The zero-order chi connectivity index (χ0) is 15.4. The van der Waals surface area contributed by atoms with Gasteiger partial charge in [-0.05, 0) is 61.4 Å². The minimum Gasteiger partial charge on any atom is -0.483 e. The Balaban J connectivity index is 1.96. The standard InChI is InChI=1S/C16H17ClN2O2/c1-10-8-13(18)4-5-14(10)19-16(20)9-21-15-6-3-12(17)7-11(15)2/h3-8H,9,18H2,1-2H3,(H,19,20). The number of hydrogen-bond acceptors (Lipinski definition) is 3. The van der Waals surface area contributed by atoms with Crippen LogP contribution in [0.5, 0.6) is 5.75 Å². The van der Waals surface area contributed by atoms with Gasteiger partial charge < -0.3 is 15.8 Å². The highest BCUT2D eigenvalue weighted by Crippen LogP contribution is 2.22. The van der Waals surface area contributed by atoms with E-state index in [1.165, 1.54) is 0 Å². The summed E-state index contributed by atoms with van der Waals surface area (Å²) >= 11 is 5.87. The molecular formula is C16H17ClN2O2. The molecule has 0 fully saturated rings. The lowest BCUT2D eigenvalue weighted by molar-refractivity contribution is -0.118. The van der Waals surface area contributed by atoms with Gasteiger partial charge in [0.25, 0.3) is 5.91 Å². The van der Waals surface area contributed by atoms with Crippen LogP contribution in [0.15, 0.2) is 36.4 Å². The summed E-state index contributed by atoms with van der Waals surface area (Å²) in [5, 5.41) is 3.43. The van der Waals surface area contributed by atoms with Crippen molar-refractivity contribution in [2.24, 2.45) is 0 Å². The van der Waals surface area contributed by atoms with Crippen molar-refractivity contribution in [3.8, 4) is 5.75 Å². The molecule has 2 rings (SSSR count). The number of carbonyl (C=O) groups is 1. The van der Waals surface area contributed by atoms with E-state index < -0.39 is 0 Å². The number of nitrogens with two attached hydrogens (primary N) is 1. The maximum absolute atomic E-state index is 11.9. The first-order valence-electron chi connectivity index (χ1n) is 6.50. The minimum absolute atomic E-state index is 0.0632. The van der Waals surface area contributed by atoms with Crippen LogP contribution in [0.4, 0.5) is 11.4 Å². The first-order valence-corrected chi connectivity index (χ1v) is 6.88. The lowest BCUT2D eigenvalue weighted by Gasteiger charge is -2.11. The highest BCUT2D eigenvalue weighted by Gasteiger charge is 2.07. The van der Waals surface area contributed by atoms with E-state index in [-0.39, 0.29) is 12.5 Å². The van der Waals surface area contributed by atoms with Gasteiger partial charge in [-0.15, -0.1) is 0 Å². The Morgan fingerprint density at radius 1 is 1.19 bits per heavy atom. The van der Waals surface area contributed by atoms with Crippen molar-refractivity contribution in [2.75, 3.05) is 17.7 Å². The molecule has 0 bridgehead atoms. The predicted octanol–water partition coefficient (Wildman–Crippen LogP) is 3.56. The van der Waals surface area contributed by atoms with Gasteiger partial charge in [0, 0.05) is 16.4 Å². The maximum Gasteiger partial charge on any atom is 0.262 e. The number of halogens is 1. The van der Waals surface area contributed by atoms with Crippen LogP contribution in [-0.2, 0) is 4.79 Å². The first kappa shape index (κ1) is 15.2. The molecule has 0 unspecified atom stereocenters. The zero-order valence-electron chi connectivity index (χ0n) is 11.9. The third-order valence-electron chi connectivity index (χ3n) is 3.02. The fourth-order valence-corrected chi connectivity index (χ4v) is 2.16. The summed E-state index contributed by atoms with van der Waals surface area (Å²) in [5.74, 6) is 0.417. The SMILES string of the molecule is Cc1cc(N)ccc1NC(=O)COc1ccc(Cl)cc1C. The Kier molecular flexibility index (Phi) is 4.70. The van der Waals surface area contributed by atoms with E-state index in [4.69, 9.17) is 22.1 Å². The van der Waals surface area contributed by atoms with Crippen molar-refractivity contribution >= 4 is 28.9 Å². The number of benzene rings is 2. The smallest absolute Gasteiger partial charge is 0.262 e. The van der Waals surface area contributed by atoms with Gasteiger partial charge in [0.05, 0.1) is 0 Å². The Bertz CT molecular complexity index is 671. The largest absolute Gasteiger partial charge is 0.483 e. The second-order valence-corrected chi connectivity index (χ2v) is 5.26. The highest BCUT2D eigenvalue weighted by atomic mass is 35.5. The lowest BCUT2D eigenvalue weighted by atomic mass is 10.2. The van der Waals surface area contributed by atoms with Crippen LogP contribution in [0.1, 0.15) is 11.1 Å². The van der Waals surface area contributed by atoms with Crippen LogP contribution in [0, 0.1) is 13.8 Å². The molecule has 21 heavy (non-hydrogen) atoms. The van der Waals surface area contributed by atoms with Gasteiger partial charge in [0.1, 0.15) is 5.75 Å². The molecule has 0 heterocycles. The molecule has 0 aliphatic heterocycles. The van der Waals surface area contributed by atoms with Crippen LogP contribution < -0.4 is 15.8 Å². The number of ether oxygens (including phenoxy) is 1. The van der Waals surface area contributed by atoms with E-state index in [2.05, 4.69) is 5.32 Å². The molecule has 0 spiro atoms. The zero-order valence-corrected chi connectivity index (χ0v) is 12.7. The Morgan fingerprint density at radius 2 is 1.95 bits per heavy atom. The van der Waals surface area contributed by atoms with Gasteiger partial charge in [-0.1, -0.05) is 11.6 Å². The van der Waals surface area contributed by atoms with E-state index in [0.717, 1.165) is 16.8 Å². The van der Waals surface area contributed by atoms with Crippen molar-refractivity contribution in [3.05, 3.63) is 52.5 Å². The number of nitrogens with one attached hydrogen (secondary N) is 1. The van der Waals surface area contributed by atoms with Gasteiger partial charge >= 0.3 is 0 Å². The summed E-state index contributed by atoms with van der Waals surface area (Å²) in [5.41, 5.74) is 8.86. The molecule has 0 atom stereocenters. The quantitative estimate of drug-likeness (QED) is 0.849. The summed E-state index contributed by atoms with van der Waals surface area (Å²) < 4.78 is 5.49. The topological polar surface area (TPSA) is 64.3 Å². The van der Waals surface area contributed by atoms with Crippen LogP contribution in [0.25, 0.3) is 0 Å². The number of anilines is 2. The van der Waals surface area contributed by atoms with Gasteiger partial charge in [0.15, 0.2) is 6.61 Å². The molecule has 1 amide bonds. The average molecular weight is 305 g/mol. The molecule has 2 aromatic carbocycles. The van der Waals surface area contributed by atoms with E-state index in [9.17, 15) is 4.79 Å². The van der Waals surface area contributed by atoms with Crippen LogP contribution in [0.3, 0.4) is 0 Å². The fraction of sp³-hybridized carbons (Fsp3) is 0.188. The number of nitrogen functional groups attached to an aromatic ring is 1. The monoisotopic (exact) mass is 304 g/mol. The van der Waals surface area contributed by atoms with Crippen LogP contribution >= 0.6 is 11.6 Å². The Hall–Kier alpha value is -2.20. The number of aryl methyl sites for hydroxylation is 2. The first-order chi connectivity index (χ1) is 9.95. The van der Waals surface area contributed by atoms with Crippen LogP contribution in [-0.4, -0.2) is 12.5 Å². The maximum atomic E-state index is 11.9. The molecule has 4 nitrogen and oxygen atoms in total. The third-order valence-corrected chi connectivity index (χ3v) is 3.26. The number of carbonyl (C=O) groups excluding carboxylic acids is 1. The van der Waals surface area contributed by atoms with Crippen molar-refractivity contribution in [1.29, 1.82) is 0 Å². The molecule has 0 radical (unpaired) electrons. The number of hydrogen-bond donors (Lipinski definition) is 2. The van der Waals surface area contributed by atoms with Gasteiger partial charge in [-0.25, -0.2) is 0 Å². The van der Waals surface area contributed by atoms with E-state index in [0.29, 0.717) is 16.5 Å². The predicted molar refractivity (Wildman–Crippen MR) is 85.9 cm³/mol. The fourth-order valence-electron chi connectivity index (χ4n) is 1.93. The summed E-state index contributed by atoms with van der Waals surface area (Å²) in [6.07, 6.45) is 0. The molecule has 2 aromatic rings. The molecule has 110 valence electrons. The van der Waals surface area contributed by atoms with Crippen molar-refractivity contribution in [1.82, 2.24) is 0 Å². The Labute approximate surface area is 128 Å². The normalized spacial score (nSPS) is 10.2. The molecular weight excluding hydrogens is 288 g/mol. The lowest BCUT2D eigenvalue weighted by Crippen LogP contribution is -2.20. The van der Waals surface area contributed by atoms with E-state index in [1.54, 1.807) is 36.4 Å². The molecule has 5 heteroatoms. The van der Waals surface area contributed by atoms with Crippen LogP contribution in [0.2, 0.25) is 5.02 Å². The molecule has 3 N–H and O–H groups in total. The second kappa shape index (κ2) is 6.50. The average Bonchev–Trinajstić information content (AvgIpc) is 2.41. The van der Waals surface area contributed by atoms with Crippen molar-refractivity contribution in [2.45, 2.75) is 13.8 Å². The molecule has 0 aliphatic rings. The summed E-state index contributed by atoms with van der Waals surface area (Å²) in [7, 11) is 0. The molecule has 0 aromatic heterocycles. The molecule has 0 saturated carbocycles. The number of rotatable bonds is 4. The Morgan fingerprint density at radius 3 is 2.62 bits per heavy atom. The second-order valence-electron chi connectivity index (χ2n) is 4.82. The highest BCUT2D eigenvalue weighted by molar-refractivity contribution is 6.30. The third kappa shape index (κ3) is 4.13. The van der Waals surface area contributed by atoms with Crippen molar-refractivity contribution in [3.63, 3.8) is 0 Å². The van der Waals surface area contributed by atoms with E-state index in [1.807, 2.05) is 13.8 Å². The summed E-state index contributed by atoms with van der Waals surface area (Å²) in [6, 6.07) is 10.6. The van der Waals surface area contributed by atoms with E-state index >= 15 is 0 Å². The summed E-state index contributed by atoms with van der Waals surface area (Å²) in [6.45, 7) is 3.70. The van der Waals surface area contributed by atoms with Gasteiger partial charge in [-0.3, -0.25) is 4.79 Å². The minimum atomic E-state index is -0.225. The van der Waals surface area contributed by atoms with Gasteiger partial charge in [0.2, 0.25) is 0 Å².